The van der Waals surface area contributed by atoms with Gasteiger partial charge in [-0.15, -0.1) is 0 Å². The minimum atomic E-state index is -3.58. The zero-order valence-corrected chi connectivity index (χ0v) is 14.7. The van der Waals surface area contributed by atoms with Crippen molar-refractivity contribution in [3.63, 3.8) is 0 Å². The molecule has 1 aliphatic heterocycles. The van der Waals surface area contributed by atoms with E-state index in [1.54, 1.807) is 13.8 Å². The molecule has 0 bridgehead atoms. The molecule has 9 heteroatoms. The smallest absolute Gasteiger partial charge is 0.212 e. The van der Waals surface area contributed by atoms with E-state index in [1.807, 2.05) is 6.92 Å². The molecule has 0 aromatic carbocycles. The van der Waals surface area contributed by atoms with E-state index in [0.717, 1.165) is 12.8 Å². The van der Waals surface area contributed by atoms with Gasteiger partial charge < -0.3 is 0 Å². The van der Waals surface area contributed by atoms with Crippen LogP contribution in [0.5, 0.6) is 0 Å². The van der Waals surface area contributed by atoms with Gasteiger partial charge in [-0.2, -0.15) is 12.7 Å². The Morgan fingerprint density at radius 2 is 1.81 bits per heavy atom. The summed E-state index contributed by atoms with van der Waals surface area (Å²) in [4.78, 5) is 0. The van der Waals surface area contributed by atoms with Crippen LogP contribution in [0.25, 0.3) is 0 Å². The average molecular weight is 341 g/mol. The van der Waals surface area contributed by atoms with Gasteiger partial charge in [-0.25, -0.2) is 17.4 Å². The first-order valence-electron chi connectivity index (χ1n) is 7.45. The van der Waals surface area contributed by atoms with Crippen LogP contribution in [0.1, 0.15) is 33.6 Å². The monoisotopic (exact) mass is 341 g/mol. The quantitative estimate of drug-likeness (QED) is 0.684. The first-order valence-corrected chi connectivity index (χ1v) is 10.5. The molecule has 1 heterocycles. The van der Waals surface area contributed by atoms with E-state index in [1.165, 1.54) is 8.61 Å². The number of nitrogens with one attached hydrogen (secondary N) is 1. The van der Waals surface area contributed by atoms with E-state index in [-0.39, 0.29) is 12.3 Å². The lowest BCUT2D eigenvalue weighted by Crippen LogP contribution is -2.47. The fourth-order valence-corrected chi connectivity index (χ4v) is 5.40. The summed E-state index contributed by atoms with van der Waals surface area (Å²) in [7, 11) is -6.98. The average Bonchev–Trinajstić information content (AvgIpc) is 2.39. The van der Waals surface area contributed by atoms with Crippen LogP contribution in [-0.2, 0) is 20.2 Å². The highest BCUT2D eigenvalue weighted by atomic mass is 32.2. The van der Waals surface area contributed by atoms with Gasteiger partial charge in [-0.3, -0.25) is 0 Å². The Balaban J connectivity index is 2.54. The lowest BCUT2D eigenvalue weighted by atomic mass is 10.0. The van der Waals surface area contributed by atoms with E-state index in [2.05, 4.69) is 4.72 Å². The number of rotatable bonds is 8. The fourth-order valence-electron chi connectivity index (χ4n) is 2.50. The van der Waals surface area contributed by atoms with Crippen LogP contribution >= 0.6 is 0 Å². The van der Waals surface area contributed by atoms with Crippen molar-refractivity contribution in [1.29, 1.82) is 0 Å². The van der Waals surface area contributed by atoms with Gasteiger partial charge in [0.15, 0.2) is 0 Å². The Kier molecular flexibility index (Phi) is 7.05. The molecule has 0 aromatic rings. The molecule has 0 saturated carbocycles. The molecule has 0 aliphatic carbocycles. The predicted octanol–water partition coefficient (Wildman–Crippen LogP) is 0.224. The SMILES string of the molecule is CCN(CC)S(=O)(=O)CCNS(=O)(=O)N1CCC[C@H](C)C1. The first-order chi connectivity index (χ1) is 9.73. The summed E-state index contributed by atoms with van der Waals surface area (Å²) in [5.74, 6) is 0.131. The zero-order valence-electron chi connectivity index (χ0n) is 13.1. The first kappa shape index (κ1) is 18.8. The molecule has 1 rings (SSSR count). The van der Waals surface area contributed by atoms with Crippen molar-refractivity contribution < 1.29 is 16.8 Å². The van der Waals surface area contributed by atoms with Crippen LogP contribution < -0.4 is 4.72 Å². The molecule has 1 N–H and O–H groups in total. The van der Waals surface area contributed by atoms with Gasteiger partial charge in [0, 0.05) is 32.7 Å². The van der Waals surface area contributed by atoms with E-state index >= 15 is 0 Å². The Hall–Kier alpha value is -0.220. The second kappa shape index (κ2) is 7.87. The van der Waals surface area contributed by atoms with Crippen molar-refractivity contribution in [3.8, 4) is 0 Å². The number of hydrogen-bond donors (Lipinski definition) is 1. The van der Waals surface area contributed by atoms with E-state index < -0.39 is 20.2 Å². The van der Waals surface area contributed by atoms with Crippen molar-refractivity contribution in [1.82, 2.24) is 13.3 Å². The maximum Gasteiger partial charge on any atom is 0.279 e. The summed E-state index contributed by atoms with van der Waals surface area (Å²) in [6, 6.07) is 0. The summed E-state index contributed by atoms with van der Waals surface area (Å²) in [6.45, 7) is 7.25. The molecule has 1 saturated heterocycles. The lowest BCUT2D eigenvalue weighted by Gasteiger charge is -2.30. The van der Waals surface area contributed by atoms with Gasteiger partial charge in [-0.05, 0) is 18.8 Å². The third-order valence-corrected chi connectivity index (χ3v) is 7.31. The molecule has 1 fully saturated rings. The van der Waals surface area contributed by atoms with Crippen molar-refractivity contribution in [2.24, 2.45) is 5.92 Å². The van der Waals surface area contributed by atoms with Crippen LogP contribution in [0.2, 0.25) is 0 Å². The molecular weight excluding hydrogens is 314 g/mol. The maximum absolute atomic E-state index is 12.1. The summed E-state index contributed by atoms with van der Waals surface area (Å²) in [6.07, 6.45) is 1.88. The molecule has 7 nitrogen and oxygen atoms in total. The highest BCUT2D eigenvalue weighted by Gasteiger charge is 2.27. The second-order valence-corrected chi connectivity index (χ2v) is 9.25. The van der Waals surface area contributed by atoms with Crippen LogP contribution in [-0.4, -0.2) is 63.9 Å². The molecule has 1 atom stereocenters. The lowest BCUT2D eigenvalue weighted by molar-refractivity contribution is 0.278. The van der Waals surface area contributed by atoms with Crippen molar-refractivity contribution >= 4 is 20.2 Å². The van der Waals surface area contributed by atoms with Gasteiger partial charge in [0.05, 0.1) is 5.75 Å². The minimum absolute atomic E-state index is 0.0912. The Bertz CT molecular complexity index is 515. The van der Waals surface area contributed by atoms with Crippen LogP contribution in [0.4, 0.5) is 0 Å². The highest BCUT2D eigenvalue weighted by molar-refractivity contribution is 7.89. The van der Waals surface area contributed by atoms with Crippen LogP contribution in [0.3, 0.4) is 0 Å². The summed E-state index contributed by atoms with van der Waals surface area (Å²) in [5, 5.41) is 0. The number of nitrogens with zero attached hydrogens (tertiary/aromatic N) is 2. The van der Waals surface area contributed by atoms with Crippen LogP contribution in [0.15, 0.2) is 0 Å². The van der Waals surface area contributed by atoms with Crippen molar-refractivity contribution in [2.75, 3.05) is 38.5 Å². The second-order valence-electron chi connectivity index (χ2n) is 5.41. The standard InChI is InChI=1S/C12H27N3O4S2/c1-4-14(5-2)20(16,17)10-8-13-21(18,19)15-9-6-7-12(3)11-15/h12-13H,4-11H2,1-3H3/t12-/m0/s1. The third kappa shape index (κ3) is 5.48. The highest BCUT2D eigenvalue weighted by Crippen LogP contribution is 2.17. The molecule has 1 aliphatic rings. The van der Waals surface area contributed by atoms with E-state index in [9.17, 15) is 16.8 Å². The van der Waals surface area contributed by atoms with Gasteiger partial charge in [0.25, 0.3) is 10.2 Å². The number of piperidine rings is 1. The Labute approximate surface area is 128 Å². The molecule has 0 unspecified atom stereocenters. The summed E-state index contributed by atoms with van der Waals surface area (Å²) >= 11 is 0. The summed E-state index contributed by atoms with van der Waals surface area (Å²) in [5.41, 5.74) is 0. The topological polar surface area (TPSA) is 86.8 Å². The molecule has 0 radical (unpaired) electrons. The van der Waals surface area contributed by atoms with Crippen LogP contribution in [0, 0.1) is 5.92 Å². The minimum Gasteiger partial charge on any atom is -0.212 e. The van der Waals surface area contributed by atoms with Gasteiger partial charge in [-0.1, -0.05) is 20.8 Å². The maximum atomic E-state index is 12.1. The van der Waals surface area contributed by atoms with Gasteiger partial charge in [0.1, 0.15) is 0 Å². The number of hydrogen-bond acceptors (Lipinski definition) is 4. The molecule has 0 amide bonds. The normalized spacial score (nSPS) is 21.8. The molecule has 0 spiro atoms. The van der Waals surface area contributed by atoms with Crippen molar-refractivity contribution in [2.45, 2.75) is 33.6 Å². The Morgan fingerprint density at radius 3 is 2.33 bits per heavy atom. The zero-order chi connectivity index (χ0) is 16.1. The Morgan fingerprint density at radius 1 is 1.19 bits per heavy atom. The third-order valence-electron chi connectivity index (χ3n) is 3.70. The molecule has 0 aromatic heterocycles. The fraction of sp³-hybridized carbons (Fsp3) is 1.00. The number of sulfonamides is 1. The largest absolute Gasteiger partial charge is 0.279 e. The molecular formula is C12H27N3O4S2. The molecule has 126 valence electrons. The summed E-state index contributed by atoms with van der Waals surface area (Å²) < 4.78 is 53.4. The van der Waals surface area contributed by atoms with E-state index in [0.29, 0.717) is 32.1 Å². The molecule has 21 heavy (non-hydrogen) atoms. The van der Waals surface area contributed by atoms with Crippen molar-refractivity contribution in [3.05, 3.63) is 0 Å². The predicted molar refractivity (Wildman–Crippen MR) is 83.6 cm³/mol. The van der Waals surface area contributed by atoms with Gasteiger partial charge >= 0.3 is 0 Å². The van der Waals surface area contributed by atoms with Gasteiger partial charge in [0.2, 0.25) is 10.0 Å². The van der Waals surface area contributed by atoms with E-state index in [4.69, 9.17) is 0 Å².